The van der Waals surface area contributed by atoms with Crippen LogP contribution in [0.1, 0.15) is 65.7 Å². The number of hydrogen-bond acceptors (Lipinski definition) is 1. The Morgan fingerprint density at radius 2 is 1.47 bits per heavy atom. The molecule has 1 nitrogen and oxygen atoms in total. The molecule has 0 aromatic carbocycles. The van der Waals surface area contributed by atoms with E-state index in [-0.39, 0.29) is 0 Å². The van der Waals surface area contributed by atoms with Crippen molar-refractivity contribution in [2.24, 2.45) is 23.2 Å². The minimum Gasteiger partial charge on any atom is -0.316 e. The maximum atomic E-state index is 3.68. The van der Waals surface area contributed by atoms with Gasteiger partial charge in [0.2, 0.25) is 0 Å². The van der Waals surface area contributed by atoms with Gasteiger partial charge in [-0.1, -0.05) is 33.6 Å². The van der Waals surface area contributed by atoms with E-state index in [9.17, 15) is 0 Å². The van der Waals surface area contributed by atoms with E-state index in [0.29, 0.717) is 5.41 Å². The highest BCUT2D eigenvalue weighted by Gasteiger charge is 2.29. The third kappa shape index (κ3) is 4.62. The fourth-order valence-corrected chi connectivity index (χ4v) is 3.25. The van der Waals surface area contributed by atoms with E-state index in [1.54, 1.807) is 0 Å². The first-order valence-electron chi connectivity index (χ1n) is 7.76. The third-order valence-corrected chi connectivity index (χ3v) is 4.93. The second kappa shape index (κ2) is 5.73. The first kappa shape index (κ1) is 13.4. The van der Waals surface area contributed by atoms with Crippen molar-refractivity contribution in [2.75, 3.05) is 13.1 Å². The van der Waals surface area contributed by atoms with Crippen molar-refractivity contribution in [1.29, 1.82) is 0 Å². The topological polar surface area (TPSA) is 12.0 Å². The lowest BCUT2D eigenvalue weighted by atomic mass is 9.70. The minimum absolute atomic E-state index is 0.532. The summed E-state index contributed by atoms with van der Waals surface area (Å²) in [5, 5.41) is 3.68. The second-order valence-corrected chi connectivity index (χ2v) is 7.52. The first-order valence-corrected chi connectivity index (χ1v) is 7.76. The molecule has 0 amide bonds. The molecule has 0 saturated heterocycles. The molecule has 1 N–H and O–H groups in total. The smallest absolute Gasteiger partial charge is 0.00205 e. The van der Waals surface area contributed by atoms with Crippen molar-refractivity contribution in [1.82, 2.24) is 5.32 Å². The number of nitrogens with one attached hydrogen (secondary N) is 1. The van der Waals surface area contributed by atoms with E-state index in [2.05, 4.69) is 26.1 Å². The molecule has 0 heterocycles. The normalized spacial score (nSPS) is 30.5. The Kier molecular flexibility index (Phi) is 4.52. The maximum absolute atomic E-state index is 3.68. The Labute approximate surface area is 108 Å². The van der Waals surface area contributed by atoms with Crippen molar-refractivity contribution >= 4 is 0 Å². The average Bonchev–Trinajstić information content (AvgIpc) is 3.08. The van der Waals surface area contributed by atoms with Crippen LogP contribution in [-0.2, 0) is 0 Å². The lowest BCUT2D eigenvalue weighted by Gasteiger charge is -2.37. The van der Waals surface area contributed by atoms with Crippen molar-refractivity contribution in [3.63, 3.8) is 0 Å². The van der Waals surface area contributed by atoms with Crippen LogP contribution in [0.2, 0.25) is 0 Å². The Morgan fingerprint density at radius 1 is 0.882 bits per heavy atom. The summed E-state index contributed by atoms with van der Waals surface area (Å²) < 4.78 is 0. The molecule has 0 aromatic heterocycles. The highest BCUT2D eigenvalue weighted by atomic mass is 14.9. The van der Waals surface area contributed by atoms with Gasteiger partial charge in [0.05, 0.1) is 0 Å². The Balaban J connectivity index is 1.55. The molecular formula is C16H31N. The summed E-state index contributed by atoms with van der Waals surface area (Å²) in [7, 11) is 0. The van der Waals surface area contributed by atoms with Gasteiger partial charge < -0.3 is 5.32 Å². The highest BCUT2D eigenvalue weighted by molar-refractivity contribution is 4.81. The van der Waals surface area contributed by atoms with Gasteiger partial charge in [-0.15, -0.1) is 0 Å². The maximum Gasteiger partial charge on any atom is -0.00205 e. The molecule has 0 spiro atoms. The zero-order valence-corrected chi connectivity index (χ0v) is 12.1. The molecule has 0 bridgehead atoms. The molecule has 2 fully saturated rings. The lowest BCUT2D eigenvalue weighted by Crippen LogP contribution is -2.31. The molecule has 1 heteroatoms. The first-order chi connectivity index (χ1) is 8.05. The fraction of sp³-hybridized carbons (Fsp3) is 1.00. The number of hydrogen-bond donors (Lipinski definition) is 1. The largest absolute Gasteiger partial charge is 0.316 e. The summed E-state index contributed by atoms with van der Waals surface area (Å²) in [6.45, 7) is 9.77. The minimum atomic E-state index is 0.532. The van der Waals surface area contributed by atoms with Crippen LogP contribution in [0.3, 0.4) is 0 Å². The summed E-state index contributed by atoms with van der Waals surface area (Å²) >= 11 is 0. The van der Waals surface area contributed by atoms with Crippen LogP contribution < -0.4 is 5.32 Å². The van der Waals surface area contributed by atoms with Crippen LogP contribution in [0.15, 0.2) is 0 Å². The monoisotopic (exact) mass is 237 g/mol. The van der Waals surface area contributed by atoms with Gasteiger partial charge in [-0.05, 0) is 68.4 Å². The molecule has 2 rings (SSSR count). The Bertz CT molecular complexity index is 216. The summed E-state index contributed by atoms with van der Waals surface area (Å²) in [6.07, 6.45) is 10.3. The van der Waals surface area contributed by atoms with E-state index in [1.807, 2.05) is 0 Å². The quantitative estimate of drug-likeness (QED) is 0.706. The summed E-state index contributed by atoms with van der Waals surface area (Å²) in [6, 6.07) is 0. The van der Waals surface area contributed by atoms with Crippen LogP contribution in [-0.4, -0.2) is 13.1 Å². The zero-order valence-electron chi connectivity index (χ0n) is 12.1. The molecule has 2 saturated carbocycles. The van der Waals surface area contributed by atoms with Gasteiger partial charge in [0, 0.05) is 0 Å². The molecular weight excluding hydrogens is 206 g/mol. The van der Waals surface area contributed by atoms with Crippen molar-refractivity contribution in [3.8, 4) is 0 Å². The standard InChI is InChI=1S/C16H31N/c1-16(2,3)15-8-6-14(7-9-15)12-17-11-10-13-4-5-13/h13-15,17H,4-12H2,1-3H3. The lowest BCUT2D eigenvalue weighted by molar-refractivity contribution is 0.149. The molecule has 17 heavy (non-hydrogen) atoms. The Morgan fingerprint density at radius 3 is 2.00 bits per heavy atom. The van der Waals surface area contributed by atoms with E-state index in [4.69, 9.17) is 0 Å². The van der Waals surface area contributed by atoms with Crippen molar-refractivity contribution in [2.45, 2.75) is 65.7 Å². The van der Waals surface area contributed by atoms with E-state index in [1.165, 1.54) is 58.0 Å². The van der Waals surface area contributed by atoms with Crippen LogP contribution in [0.4, 0.5) is 0 Å². The Hall–Kier alpha value is -0.0400. The molecule has 0 atom stereocenters. The van der Waals surface area contributed by atoms with Crippen molar-refractivity contribution in [3.05, 3.63) is 0 Å². The average molecular weight is 237 g/mol. The van der Waals surface area contributed by atoms with Gasteiger partial charge in [-0.25, -0.2) is 0 Å². The molecule has 0 aromatic rings. The number of rotatable bonds is 5. The fourth-order valence-electron chi connectivity index (χ4n) is 3.25. The van der Waals surface area contributed by atoms with Gasteiger partial charge in [0.1, 0.15) is 0 Å². The molecule has 0 unspecified atom stereocenters. The van der Waals surface area contributed by atoms with Crippen LogP contribution in [0, 0.1) is 23.2 Å². The van der Waals surface area contributed by atoms with Gasteiger partial charge in [0.15, 0.2) is 0 Å². The van der Waals surface area contributed by atoms with Gasteiger partial charge >= 0.3 is 0 Å². The van der Waals surface area contributed by atoms with Crippen LogP contribution >= 0.6 is 0 Å². The summed E-state index contributed by atoms with van der Waals surface area (Å²) in [5.74, 6) is 3.01. The van der Waals surface area contributed by atoms with Gasteiger partial charge in [0.25, 0.3) is 0 Å². The third-order valence-electron chi connectivity index (χ3n) is 4.93. The predicted molar refractivity (Wildman–Crippen MR) is 75.1 cm³/mol. The highest BCUT2D eigenvalue weighted by Crippen LogP contribution is 2.39. The SMILES string of the molecule is CC(C)(C)C1CCC(CNCCC2CC2)CC1. The van der Waals surface area contributed by atoms with Gasteiger partial charge in [-0.2, -0.15) is 0 Å². The summed E-state index contributed by atoms with van der Waals surface area (Å²) in [4.78, 5) is 0. The molecule has 0 radical (unpaired) electrons. The second-order valence-electron chi connectivity index (χ2n) is 7.52. The van der Waals surface area contributed by atoms with E-state index < -0.39 is 0 Å². The predicted octanol–water partition coefficient (Wildman–Crippen LogP) is 4.23. The molecule has 2 aliphatic rings. The van der Waals surface area contributed by atoms with Crippen LogP contribution in [0.25, 0.3) is 0 Å². The zero-order chi connectivity index (χ0) is 12.3. The van der Waals surface area contributed by atoms with Crippen LogP contribution in [0.5, 0.6) is 0 Å². The van der Waals surface area contributed by atoms with Crippen molar-refractivity contribution < 1.29 is 0 Å². The molecule has 0 aliphatic heterocycles. The molecule has 2 aliphatic carbocycles. The van der Waals surface area contributed by atoms with Gasteiger partial charge in [-0.3, -0.25) is 0 Å². The molecule has 100 valence electrons. The van der Waals surface area contributed by atoms with E-state index in [0.717, 1.165) is 17.8 Å². The summed E-state index contributed by atoms with van der Waals surface area (Å²) in [5.41, 5.74) is 0.532. The van der Waals surface area contributed by atoms with E-state index >= 15 is 0 Å².